The molecular weight excluding hydrogens is 549 g/mol. The molecule has 5 rings (SSSR count). The van der Waals surface area contributed by atoms with Crippen LogP contribution in [0.4, 0.5) is 0 Å². The van der Waals surface area contributed by atoms with Gasteiger partial charge in [0.1, 0.15) is 5.69 Å². The van der Waals surface area contributed by atoms with E-state index in [4.69, 9.17) is 32.7 Å². The highest BCUT2D eigenvalue weighted by atomic mass is 35.5. The number of nitrogens with one attached hydrogen (secondary N) is 2. The Kier molecular flexibility index (Phi) is 8.15. The lowest BCUT2D eigenvalue weighted by Crippen LogP contribution is -2.19. The summed E-state index contributed by atoms with van der Waals surface area (Å²) in [5, 5.41) is 6.06. The molecule has 1 heterocycles. The largest absolute Gasteiger partial charge is 0.490 e. The van der Waals surface area contributed by atoms with Gasteiger partial charge in [-0.1, -0.05) is 59.6 Å². The molecule has 0 saturated heterocycles. The number of hydrogen-bond acceptors (Lipinski definition) is 5. The third-order valence-electron chi connectivity index (χ3n) is 6.01. The molecule has 0 aliphatic rings. The lowest BCUT2D eigenvalue weighted by atomic mass is 10.0. The van der Waals surface area contributed by atoms with Crippen LogP contribution in [0, 0.1) is 0 Å². The summed E-state index contributed by atoms with van der Waals surface area (Å²) in [7, 11) is 0. The summed E-state index contributed by atoms with van der Waals surface area (Å²) >= 11 is 12.4. The van der Waals surface area contributed by atoms with Gasteiger partial charge >= 0.3 is 5.97 Å². The Morgan fingerprint density at radius 1 is 0.925 bits per heavy atom. The maximum atomic E-state index is 13.2. The zero-order chi connectivity index (χ0) is 28.1. The predicted molar refractivity (Wildman–Crippen MR) is 158 cm³/mol. The molecule has 1 amide bonds. The number of esters is 1. The number of para-hydroxylation sites is 1. The van der Waals surface area contributed by atoms with E-state index < -0.39 is 11.9 Å². The first kappa shape index (κ1) is 27.0. The average molecular weight is 572 g/mol. The van der Waals surface area contributed by atoms with Crippen LogP contribution in [0.15, 0.2) is 96.1 Å². The first-order chi connectivity index (χ1) is 19.4. The number of fused-ring (bicyclic) bond motifs is 1. The lowest BCUT2D eigenvalue weighted by molar-refractivity contribution is 0.0728. The highest BCUT2D eigenvalue weighted by Crippen LogP contribution is 2.36. The Morgan fingerprint density at radius 2 is 1.68 bits per heavy atom. The van der Waals surface area contributed by atoms with Crippen LogP contribution in [0.1, 0.15) is 33.3 Å². The Hall–Kier alpha value is -4.59. The van der Waals surface area contributed by atoms with E-state index in [-0.39, 0.29) is 5.75 Å². The SMILES string of the molecule is CCOc1cc(C=NNC(=O)c2[nH]c3ccccc3c2-c2ccccc2Cl)ccc1OC(=O)c1ccc(Cl)cc1. The molecule has 200 valence electrons. The number of hydrazone groups is 1. The Balaban J connectivity index is 1.36. The summed E-state index contributed by atoms with van der Waals surface area (Å²) in [5.74, 6) is -0.359. The van der Waals surface area contributed by atoms with Crippen molar-refractivity contribution in [1.29, 1.82) is 0 Å². The smallest absolute Gasteiger partial charge is 0.343 e. The molecule has 0 spiro atoms. The van der Waals surface area contributed by atoms with Crippen LogP contribution in [-0.4, -0.2) is 29.7 Å². The number of amides is 1. The molecule has 1 aromatic heterocycles. The monoisotopic (exact) mass is 571 g/mol. The molecule has 0 saturated carbocycles. The maximum absolute atomic E-state index is 13.2. The first-order valence-electron chi connectivity index (χ1n) is 12.4. The van der Waals surface area contributed by atoms with Crippen molar-refractivity contribution in [1.82, 2.24) is 10.4 Å². The molecule has 5 aromatic rings. The number of nitrogens with zero attached hydrogens (tertiary/aromatic N) is 1. The summed E-state index contributed by atoms with van der Waals surface area (Å²) < 4.78 is 11.2. The molecule has 7 nitrogen and oxygen atoms in total. The number of H-pyrrole nitrogens is 1. The van der Waals surface area contributed by atoms with E-state index in [9.17, 15) is 9.59 Å². The summed E-state index contributed by atoms with van der Waals surface area (Å²) in [4.78, 5) is 29.0. The van der Waals surface area contributed by atoms with Crippen molar-refractivity contribution in [3.63, 3.8) is 0 Å². The fraction of sp³-hybridized carbons (Fsp3) is 0.0645. The van der Waals surface area contributed by atoms with Crippen molar-refractivity contribution >= 4 is 52.2 Å². The number of benzene rings is 4. The minimum atomic E-state index is -0.543. The van der Waals surface area contributed by atoms with Crippen LogP contribution in [0.3, 0.4) is 0 Å². The van der Waals surface area contributed by atoms with Crippen LogP contribution >= 0.6 is 23.2 Å². The summed E-state index contributed by atoms with van der Waals surface area (Å²) in [6.07, 6.45) is 1.48. The summed E-state index contributed by atoms with van der Waals surface area (Å²) in [5.41, 5.74) is 6.13. The van der Waals surface area contributed by atoms with Crippen molar-refractivity contribution in [3.8, 4) is 22.6 Å². The number of ether oxygens (including phenoxy) is 2. The van der Waals surface area contributed by atoms with Crippen LogP contribution in [0.2, 0.25) is 10.0 Å². The standard InChI is InChI=1S/C31H23Cl2N3O4/c1-2-39-27-17-19(11-16-26(27)40-31(38)20-12-14-21(32)15-13-20)18-34-36-30(37)29-28(22-7-3-5-9-24(22)33)23-8-4-6-10-25(23)35-29/h3-18,35H,2H2,1H3,(H,36,37). The minimum Gasteiger partial charge on any atom is -0.490 e. The second kappa shape index (κ2) is 12.1. The van der Waals surface area contributed by atoms with Gasteiger partial charge in [-0.05, 0) is 67.1 Å². The topological polar surface area (TPSA) is 92.8 Å². The van der Waals surface area contributed by atoms with Gasteiger partial charge < -0.3 is 14.5 Å². The molecule has 0 aliphatic heterocycles. The maximum Gasteiger partial charge on any atom is 0.343 e. The van der Waals surface area contributed by atoms with Gasteiger partial charge in [-0.3, -0.25) is 4.79 Å². The van der Waals surface area contributed by atoms with E-state index >= 15 is 0 Å². The molecule has 0 bridgehead atoms. The van der Waals surface area contributed by atoms with Crippen LogP contribution in [-0.2, 0) is 0 Å². The van der Waals surface area contributed by atoms with Crippen LogP contribution < -0.4 is 14.9 Å². The highest BCUT2D eigenvalue weighted by molar-refractivity contribution is 6.34. The van der Waals surface area contributed by atoms with Crippen molar-refractivity contribution in [2.45, 2.75) is 6.92 Å². The van der Waals surface area contributed by atoms with Crippen molar-refractivity contribution in [2.75, 3.05) is 6.61 Å². The molecule has 4 aromatic carbocycles. The van der Waals surface area contributed by atoms with Gasteiger partial charge in [-0.25, -0.2) is 10.2 Å². The second-order valence-corrected chi connectivity index (χ2v) is 9.48. The highest BCUT2D eigenvalue weighted by Gasteiger charge is 2.20. The summed E-state index contributed by atoms with van der Waals surface area (Å²) in [6.45, 7) is 2.18. The van der Waals surface area contributed by atoms with E-state index in [2.05, 4.69) is 15.5 Å². The van der Waals surface area contributed by atoms with Gasteiger partial charge in [0.05, 0.1) is 18.4 Å². The lowest BCUT2D eigenvalue weighted by Gasteiger charge is -2.11. The third-order valence-corrected chi connectivity index (χ3v) is 6.59. The number of aromatic amines is 1. The third kappa shape index (κ3) is 5.86. The molecule has 0 unspecified atom stereocenters. The fourth-order valence-electron chi connectivity index (χ4n) is 4.18. The quantitative estimate of drug-likeness (QED) is 0.0871. The molecule has 0 aliphatic carbocycles. The van der Waals surface area contributed by atoms with Crippen LogP contribution in [0.25, 0.3) is 22.0 Å². The summed E-state index contributed by atoms with van der Waals surface area (Å²) in [6, 6.07) is 26.3. The number of carbonyl (C=O) groups is 2. The zero-order valence-electron chi connectivity index (χ0n) is 21.3. The van der Waals surface area contributed by atoms with E-state index in [1.165, 1.54) is 6.21 Å². The van der Waals surface area contributed by atoms with Crippen molar-refractivity contribution < 1.29 is 19.1 Å². The molecule has 9 heteroatoms. The molecular formula is C31H23Cl2N3O4. The molecule has 2 N–H and O–H groups in total. The van der Waals surface area contributed by atoms with Crippen molar-refractivity contribution in [3.05, 3.63) is 118 Å². The fourth-order valence-corrected chi connectivity index (χ4v) is 4.54. The Bertz CT molecular complexity index is 1730. The van der Waals surface area contributed by atoms with E-state index in [1.807, 2.05) is 49.4 Å². The zero-order valence-corrected chi connectivity index (χ0v) is 22.8. The number of rotatable bonds is 8. The molecule has 40 heavy (non-hydrogen) atoms. The Labute approximate surface area is 240 Å². The van der Waals surface area contributed by atoms with Gasteiger partial charge in [0.25, 0.3) is 5.91 Å². The second-order valence-electron chi connectivity index (χ2n) is 8.64. The average Bonchev–Trinajstić information content (AvgIpc) is 3.34. The van der Waals surface area contributed by atoms with Gasteiger partial charge in [0, 0.05) is 32.1 Å². The van der Waals surface area contributed by atoms with Crippen LogP contribution in [0.5, 0.6) is 11.5 Å². The van der Waals surface area contributed by atoms with E-state index in [0.29, 0.717) is 44.8 Å². The van der Waals surface area contributed by atoms with Gasteiger partial charge in [0.2, 0.25) is 0 Å². The van der Waals surface area contributed by atoms with Gasteiger partial charge in [-0.2, -0.15) is 5.10 Å². The van der Waals surface area contributed by atoms with Gasteiger partial charge in [-0.15, -0.1) is 0 Å². The van der Waals surface area contributed by atoms with E-state index in [1.54, 1.807) is 48.5 Å². The number of carbonyl (C=O) groups excluding carboxylic acids is 2. The molecule has 0 fully saturated rings. The first-order valence-corrected chi connectivity index (χ1v) is 13.1. The molecule has 0 atom stereocenters. The van der Waals surface area contributed by atoms with E-state index in [0.717, 1.165) is 16.5 Å². The minimum absolute atomic E-state index is 0.255. The number of halogens is 2. The predicted octanol–water partition coefficient (Wildman–Crippen LogP) is 7.52. The normalized spacial score (nSPS) is 11.1. The number of aromatic nitrogens is 1. The molecule has 0 radical (unpaired) electrons. The number of hydrogen-bond donors (Lipinski definition) is 2. The van der Waals surface area contributed by atoms with Crippen molar-refractivity contribution in [2.24, 2.45) is 5.10 Å². The Morgan fingerprint density at radius 3 is 2.45 bits per heavy atom. The van der Waals surface area contributed by atoms with Gasteiger partial charge in [0.15, 0.2) is 11.5 Å².